The van der Waals surface area contributed by atoms with Crippen LogP contribution in [0.3, 0.4) is 0 Å². The van der Waals surface area contributed by atoms with Crippen LogP contribution in [0.25, 0.3) is 0 Å². The van der Waals surface area contributed by atoms with Gasteiger partial charge in [0.05, 0.1) is 6.54 Å². The highest BCUT2D eigenvalue weighted by molar-refractivity contribution is 5.78. The van der Waals surface area contributed by atoms with Gasteiger partial charge in [0.25, 0.3) is 0 Å². The Morgan fingerprint density at radius 3 is 2.44 bits per heavy atom. The van der Waals surface area contributed by atoms with Crippen LogP contribution in [0.4, 0.5) is 4.39 Å². The highest BCUT2D eigenvalue weighted by atomic mass is 19.1. The Morgan fingerprint density at radius 2 is 1.74 bits per heavy atom. The van der Waals surface area contributed by atoms with Gasteiger partial charge in [0.15, 0.2) is 0 Å². The van der Waals surface area contributed by atoms with E-state index in [0.29, 0.717) is 24.9 Å². The van der Waals surface area contributed by atoms with Crippen LogP contribution in [0.5, 0.6) is 5.75 Å². The van der Waals surface area contributed by atoms with Gasteiger partial charge in [-0.2, -0.15) is 0 Å². The smallest absolute Gasteiger partial charge is 0.248 e. The van der Waals surface area contributed by atoms with Crippen LogP contribution in [0.1, 0.15) is 38.5 Å². The van der Waals surface area contributed by atoms with Gasteiger partial charge in [-0.15, -0.1) is 0 Å². The summed E-state index contributed by atoms with van der Waals surface area (Å²) in [5.41, 5.74) is 0. The van der Waals surface area contributed by atoms with Gasteiger partial charge in [0.1, 0.15) is 30.9 Å². The van der Waals surface area contributed by atoms with Crippen molar-refractivity contribution in [3.8, 4) is 5.75 Å². The number of rotatable bonds is 5. The maximum absolute atomic E-state index is 13.0. The second-order valence-corrected chi connectivity index (χ2v) is 7.95. The molecule has 2 aliphatic heterocycles. The summed E-state index contributed by atoms with van der Waals surface area (Å²) >= 11 is 0. The van der Waals surface area contributed by atoms with Crippen molar-refractivity contribution in [1.29, 1.82) is 0 Å². The van der Waals surface area contributed by atoms with Gasteiger partial charge < -0.3 is 19.3 Å². The molecule has 2 saturated heterocycles. The van der Waals surface area contributed by atoms with E-state index in [1.807, 2.05) is 4.90 Å². The number of nitrogens with zero attached hydrogens (tertiary/aromatic N) is 2. The van der Waals surface area contributed by atoms with Gasteiger partial charge in [-0.1, -0.05) is 12.8 Å². The summed E-state index contributed by atoms with van der Waals surface area (Å²) in [6.07, 6.45) is 7.36. The average molecular weight is 376 g/mol. The molecule has 1 saturated carbocycles. The molecule has 3 aliphatic rings. The van der Waals surface area contributed by atoms with Crippen LogP contribution in [-0.2, 0) is 9.53 Å². The molecule has 1 unspecified atom stereocenters. The molecule has 1 aliphatic carbocycles. The number of carbonyl (C=O) groups is 1. The zero-order valence-corrected chi connectivity index (χ0v) is 15.8. The first-order chi connectivity index (χ1) is 13.2. The first kappa shape index (κ1) is 18.7. The molecule has 148 valence electrons. The molecular weight excluding hydrogens is 347 g/mol. The molecule has 4 rings (SSSR count). The number of hydrogen-bond acceptors (Lipinski definition) is 4. The molecule has 6 heteroatoms. The van der Waals surface area contributed by atoms with E-state index in [1.165, 1.54) is 37.8 Å². The Bertz CT molecular complexity index is 625. The SMILES string of the molecule is O=C1COC(COc2ccc(F)cc2)CN1C1CCN(C2CCCC2)CC1. The molecule has 27 heavy (non-hydrogen) atoms. The number of benzene rings is 1. The van der Waals surface area contributed by atoms with Crippen molar-refractivity contribution in [3.05, 3.63) is 30.1 Å². The summed E-state index contributed by atoms with van der Waals surface area (Å²) in [4.78, 5) is 17.0. The lowest BCUT2D eigenvalue weighted by atomic mass is 10.00. The molecule has 2 heterocycles. The molecule has 0 N–H and O–H groups in total. The highest BCUT2D eigenvalue weighted by Gasteiger charge is 2.35. The molecule has 5 nitrogen and oxygen atoms in total. The zero-order valence-electron chi connectivity index (χ0n) is 15.8. The van der Waals surface area contributed by atoms with Gasteiger partial charge in [-0.3, -0.25) is 4.79 Å². The first-order valence-corrected chi connectivity index (χ1v) is 10.2. The Hall–Kier alpha value is -1.66. The van der Waals surface area contributed by atoms with Crippen molar-refractivity contribution in [2.75, 3.05) is 32.8 Å². The maximum atomic E-state index is 13.0. The normalized spacial score (nSPS) is 25.9. The van der Waals surface area contributed by atoms with E-state index >= 15 is 0 Å². The molecular formula is C21H29FN2O3. The zero-order chi connectivity index (χ0) is 18.6. The third kappa shape index (κ3) is 4.61. The van der Waals surface area contributed by atoms with Crippen LogP contribution in [0.2, 0.25) is 0 Å². The summed E-state index contributed by atoms with van der Waals surface area (Å²) in [6.45, 7) is 3.26. The average Bonchev–Trinajstić information content (AvgIpc) is 3.24. The predicted octanol–water partition coefficient (Wildman–Crippen LogP) is 2.84. The fraction of sp³-hybridized carbons (Fsp3) is 0.667. The van der Waals surface area contributed by atoms with Crippen LogP contribution < -0.4 is 4.74 Å². The Balaban J connectivity index is 1.27. The van der Waals surface area contributed by atoms with Crippen molar-refractivity contribution < 1.29 is 18.7 Å². The third-order valence-corrected chi connectivity index (χ3v) is 6.19. The van der Waals surface area contributed by atoms with Crippen molar-refractivity contribution in [3.63, 3.8) is 0 Å². The first-order valence-electron chi connectivity index (χ1n) is 10.2. The molecule has 0 aromatic heterocycles. The molecule has 0 spiro atoms. The van der Waals surface area contributed by atoms with Crippen LogP contribution in [0, 0.1) is 5.82 Å². The van der Waals surface area contributed by atoms with E-state index in [0.717, 1.165) is 32.0 Å². The summed E-state index contributed by atoms with van der Waals surface area (Å²) in [7, 11) is 0. The van der Waals surface area contributed by atoms with Crippen molar-refractivity contribution in [2.45, 2.75) is 56.7 Å². The van der Waals surface area contributed by atoms with Crippen molar-refractivity contribution >= 4 is 5.91 Å². The highest BCUT2D eigenvalue weighted by Crippen LogP contribution is 2.28. The molecule has 0 bridgehead atoms. The number of amides is 1. The van der Waals surface area contributed by atoms with Crippen molar-refractivity contribution in [2.24, 2.45) is 0 Å². The van der Waals surface area contributed by atoms with E-state index in [2.05, 4.69) is 4.90 Å². The van der Waals surface area contributed by atoms with Gasteiger partial charge in [-0.05, 0) is 49.9 Å². The predicted molar refractivity (Wildman–Crippen MR) is 100 cm³/mol. The van der Waals surface area contributed by atoms with Gasteiger partial charge in [-0.25, -0.2) is 4.39 Å². The van der Waals surface area contributed by atoms with Crippen LogP contribution in [0.15, 0.2) is 24.3 Å². The molecule has 1 atom stereocenters. The minimum Gasteiger partial charge on any atom is -0.491 e. The minimum atomic E-state index is -0.281. The molecule has 1 aromatic carbocycles. The Labute approximate surface area is 160 Å². The minimum absolute atomic E-state index is 0.0901. The number of hydrogen-bond donors (Lipinski definition) is 0. The number of likely N-dealkylation sites (tertiary alicyclic amines) is 1. The number of piperidine rings is 1. The number of ether oxygens (including phenoxy) is 2. The second kappa shape index (κ2) is 8.57. The summed E-state index contributed by atoms with van der Waals surface area (Å²) in [5, 5.41) is 0. The van der Waals surface area contributed by atoms with Gasteiger partial charge >= 0.3 is 0 Å². The van der Waals surface area contributed by atoms with E-state index in [-0.39, 0.29) is 24.4 Å². The molecule has 3 fully saturated rings. The maximum Gasteiger partial charge on any atom is 0.248 e. The van der Waals surface area contributed by atoms with E-state index in [9.17, 15) is 9.18 Å². The van der Waals surface area contributed by atoms with E-state index in [4.69, 9.17) is 9.47 Å². The molecule has 0 radical (unpaired) electrons. The van der Waals surface area contributed by atoms with E-state index in [1.54, 1.807) is 12.1 Å². The topological polar surface area (TPSA) is 42.0 Å². The molecule has 1 aromatic rings. The summed E-state index contributed by atoms with van der Waals surface area (Å²) < 4.78 is 24.4. The third-order valence-electron chi connectivity index (χ3n) is 6.19. The standard InChI is InChI=1S/C21H29FN2O3/c22-16-5-7-19(8-6-16)26-14-20-13-24(21(25)15-27-20)18-9-11-23(12-10-18)17-3-1-2-4-17/h5-8,17-18,20H,1-4,9-15H2. The van der Waals surface area contributed by atoms with Gasteiger partial charge in [0.2, 0.25) is 5.91 Å². The molecule has 1 amide bonds. The lowest BCUT2D eigenvalue weighted by Gasteiger charge is -2.43. The lowest BCUT2D eigenvalue weighted by molar-refractivity contribution is -0.155. The Kier molecular flexibility index (Phi) is 5.93. The van der Waals surface area contributed by atoms with E-state index < -0.39 is 0 Å². The van der Waals surface area contributed by atoms with Crippen LogP contribution in [-0.4, -0.2) is 66.7 Å². The van der Waals surface area contributed by atoms with Gasteiger partial charge in [0, 0.05) is 25.2 Å². The van der Waals surface area contributed by atoms with Crippen molar-refractivity contribution in [1.82, 2.24) is 9.80 Å². The summed E-state index contributed by atoms with van der Waals surface area (Å²) in [6, 6.07) is 7.06. The fourth-order valence-electron chi connectivity index (χ4n) is 4.65. The largest absolute Gasteiger partial charge is 0.491 e. The van der Waals surface area contributed by atoms with Crippen LogP contribution >= 0.6 is 0 Å². The Morgan fingerprint density at radius 1 is 1.04 bits per heavy atom. The summed E-state index contributed by atoms with van der Waals surface area (Å²) in [5.74, 6) is 0.428. The second-order valence-electron chi connectivity index (χ2n) is 7.95. The number of halogens is 1. The number of morpholine rings is 1. The monoisotopic (exact) mass is 376 g/mol. The number of carbonyl (C=O) groups excluding carboxylic acids is 1. The fourth-order valence-corrected chi connectivity index (χ4v) is 4.65. The lowest BCUT2D eigenvalue weighted by Crippen LogP contribution is -2.56. The quantitative estimate of drug-likeness (QED) is 0.793.